The molecule has 0 aliphatic carbocycles. The van der Waals surface area contributed by atoms with Gasteiger partial charge >= 0.3 is 0 Å². The van der Waals surface area contributed by atoms with Gasteiger partial charge in [-0.15, -0.1) is 0 Å². The van der Waals surface area contributed by atoms with Gasteiger partial charge in [0.1, 0.15) is 17.1 Å². The zero-order valence-electron chi connectivity index (χ0n) is 15.7. The average molecular weight is 374 g/mol. The Bertz CT molecular complexity index is 1040. The Balaban J connectivity index is 1.98. The summed E-state index contributed by atoms with van der Waals surface area (Å²) in [6, 6.07) is 21.6. The van der Waals surface area contributed by atoms with Gasteiger partial charge in [0.2, 0.25) is 0 Å². The summed E-state index contributed by atoms with van der Waals surface area (Å²) >= 11 is 0. The summed E-state index contributed by atoms with van der Waals surface area (Å²) in [6.45, 7) is 4.23. The van der Waals surface area contributed by atoms with Crippen molar-refractivity contribution < 1.29 is 15.5 Å². The number of phenolic OH excluding ortho intramolecular Hbond substituents is 1. The van der Waals surface area contributed by atoms with Gasteiger partial charge in [-0.2, -0.15) is 0 Å². The smallest absolute Gasteiger partial charge is 0.125 e. The number of para-hydroxylation sites is 3. The van der Waals surface area contributed by atoms with Crippen LogP contribution >= 0.6 is 0 Å². The van der Waals surface area contributed by atoms with Crippen molar-refractivity contribution in [1.29, 1.82) is 0 Å². The molecule has 0 atom stereocenters. The van der Waals surface area contributed by atoms with E-state index in [9.17, 15) is 15.5 Å². The number of rotatable bonds is 3. The molecular weight excluding hydrogens is 352 g/mol. The Kier molecular flexibility index (Phi) is 4.55. The number of phenols is 1. The van der Waals surface area contributed by atoms with E-state index in [-0.39, 0.29) is 5.75 Å². The molecule has 0 fully saturated rings. The summed E-state index contributed by atoms with van der Waals surface area (Å²) in [5.74, 6) is 0.396. The van der Waals surface area contributed by atoms with E-state index in [4.69, 9.17) is 0 Å². The monoisotopic (exact) mass is 374 g/mol. The summed E-state index contributed by atoms with van der Waals surface area (Å²) in [4.78, 5) is 0. The van der Waals surface area contributed by atoms with E-state index < -0.39 is 0 Å². The van der Waals surface area contributed by atoms with E-state index in [2.05, 4.69) is 13.8 Å². The second-order valence-electron chi connectivity index (χ2n) is 7.10. The van der Waals surface area contributed by atoms with Crippen LogP contribution in [0, 0.1) is 0 Å². The largest absolute Gasteiger partial charge is 0.507 e. The molecule has 0 amide bonds. The topological polar surface area (TPSA) is 67.2 Å². The van der Waals surface area contributed by atoms with Gasteiger partial charge < -0.3 is 5.11 Å². The van der Waals surface area contributed by atoms with E-state index in [0.717, 1.165) is 15.7 Å². The first-order valence-electron chi connectivity index (χ1n) is 9.19. The second kappa shape index (κ2) is 7.03. The fourth-order valence-corrected chi connectivity index (χ4v) is 3.46. The molecule has 1 heterocycles. The quantitative estimate of drug-likeness (QED) is 0.569. The molecule has 0 unspecified atom stereocenters. The number of aromatic hydroxyl groups is 1. The van der Waals surface area contributed by atoms with Gasteiger partial charge in [0, 0.05) is 11.1 Å². The number of benzene rings is 3. The molecule has 0 bridgehead atoms. The van der Waals surface area contributed by atoms with Crippen LogP contribution in [0.1, 0.15) is 36.5 Å². The van der Waals surface area contributed by atoms with E-state index in [0.29, 0.717) is 34.3 Å². The molecule has 0 saturated heterocycles. The van der Waals surface area contributed by atoms with Gasteiger partial charge in [-0.1, -0.05) is 62.4 Å². The summed E-state index contributed by atoms with van der Waals surface area (Å²) in [5, 5.41) is 34.6. The number of nitrogens with zero attached hydrogens (tertiary/aromatic N) is 2. The maximum Gasteiger partial charge on any atom is 0.125 e. The van der Waals surface area contributed by atoms with Crippen molar-refractivity contribution in [3.8, 4) is 5.75 Å². The number of hydroxylamine groups is 2. The lowest BCUT2D eigenvalue weighted by atomic mass is 9.97. The van der Waals surface area contributed by atoms with Gasteiger partial charge in [-0.05, 0) is 35.7 Å². The number of anilines is 2. The molecule has 142 valence electrons. The first kappa shape index (κ1) is 18.1. The van der Waals surface area contributed by atoms with Crippen molar-refractivity contribution in [3.05, 3.63) is 89.5 Å². The van der Waals surface area contributed by atoms with Crippen molar-refractivity contribution >= 4 is 22.8 Å². The molecular formula is C23H22N2O3. The molecule has 0 aromatic heterocycles. The van der Waals surface area contributed by atoms with E-state index in [1.807, 2.05) is 24.3 Å². The Morgan fingerprint density at radius 1 is 0.679 bits per heavy atom. The normalized spacial score (nSPS) is 13.9. The third-order valence-electron chi connectivity index (χ3n) is 5.00. The molecule has 4 rings (SSSR count). The minimum atomic E-state index is 0.0145. The van der Waals surface area contributed by atoms with Crippen LogP contribution in [0.2, 0.25) is 0 Å². The van der Waals surface area contributed by atoms with E-state index >= 15 is 0 Å². The first-order chi connectivity index (χ1) is 13.5. The van der Waals surface area contributed by atoms with E-state index in [1.165, 1.54) is 5.56 Å². The van der Waals surface area contributed by atoms with Crippen LogP contribution in [-0.4, -0.2) is 15.5 Å². The predicted molar refractivity (Wildman–Crippen MR) is 110 cm³/mol. The van der Waals surface area contributed by atoms with Crippen LogP contribution in [0.4, 0.5) is 11.4 Å². The maximum atomic E-state index is 11.0. The molecule has 0 spiro atoms. The molecule has 3 N–H and O–H groups in total. The highest BCUT2D eigenvalue weighted by molar-refractivity contribution is 6.06. The fraction of sp³-hybridized carbons (Fsp3) is 0.130. The van der Waals surface area contributed by atoms with Crippen molar-refractivity contribution in [2.75, 3.05) is 10.1 Å². The summed E-state index contributed by atoms with van der Waals surface area (Å²) < 4.78 is 0. The van der Waals surface area contributed by atoms with Gasteiger partial charge in [0.15, 0.2) is 0 Å². The molecule has 5 nitrogen and oxygen atoms in total. The highest BCUT2D eigenvalue weighted by Crippen LogP contribution is 2.46. The zero-order chi connectivity index (χ0) is 19.8. The highest BCUT2D eigenvalue weighted by atomic mass is 16.5. The first-order valence-corrected chi connectivity index (χ1v) is 9.19. The number of hydrogen-bond donors (Lipinski definition) is 3. The summed E-state index contributed by atoms with van der Waals surface area (Å²) in [6.07, 6.45) is 0. The van der Waals surface area contributed by atoms with Crippen LogP contribution in [0.3, 0.4) is 0 Å². The number of hydrogen-bond acceptors (Lipinski definition) is 5. The SMILES string of the molecule is CC(C)c1ccc(C2=C(c3ccccc3O)N(O)c3ccccc3N2O)cc1. The van der Waals surface area contributed by atoms with Gasteiger partial charge in [0.25, 0.3) is 0 Å². The lowest BCUT2D eigenvalue weighted by Crippen LogP contribution is -2.31. The molecule has 0 radical (unpaired) electrons. The average Bonchev–Trinajstić information content (AvgIpc) is 2.71. The Morgan fingerprint density at radius 2 is 1.21 bits per heavy atom. The van der Waals surface area contributed by atoms with Crippen LogP contribution in [-0.2, 0) is 0 Å². The molecule has 3 aromatic rings. The zero-order valence-corrected chi connectivity index (χ0v) is 15.7. The van der Waals surface area contributed by atoms with Crippen molar-refractivity contribution in [3.63, 3.8) is 0 Å². The van der Waals surface area contributed by atoms with Crippen molar-refractivity contribution in [2.24, 2.45) is 0 Å². The van der Waals surface area contributed by atoms with Crippen LogP contribution in [0.15, 0.2) is 72.8 Å². The Labute approximate surface area is 163 Å². The predicted octanol–water partition coefficient (Wildman–Crippen LogP) is 5.45. The van der Waals surface area contributed by atoms with Crippen molar-refractivity contribution in [1.82, 2.24) is 0 Å². The molecule has 0 saturated carbocycles. The molecule has 5 heteroatoms. The summed E-state index contributed by atoms with van der Waals surface area (Å²) in [7, 11) is 0. The van der Waals surface area contributed by atoms with E-state index in [1.54, 1.807) is 48.5 Å². The Morgan fingerprint density at radius 3 is 1.79 bits per heavy atom. The standard InChI is InChI=1S/C23H22N2O3/c1-15(2)16-11-13-17(14-12-16)22-23(18-7-3-6-10-21(18)26)25(28)20-9-5-4-8-19(20)24(22)27/h3-15,26-28H,1-2H3. The lowest BCUT2D eigenvalue weighted by Gasteiger charge is -2.36. The van der Waals surface area contributed by atoms with Crippen molar-refractivity contribution in [2.45, 2.75) is 19.8 Å². The van der Waals surface area contributed by atoms with Gasteiger partial charge in [-0.3, -0.25) is 10.4 Å². The summed E-state index contributed by atoms with van der Waals surface area (Å²) in [5.41, 5.74) is 3.88. The van der Waals surface area contributed by atoms with Crippen LogP contribution in [0.25, 0.3) is 11.4 Å². The molecule has 3 aromatic carbocycles. The van der Waals surface area contributed by atoms with Gasteiger partial charge in [0.05, 0.1) is 11.4 Å². The lowest BCUT2D eigenvalue weighted by molar-refractivity contribution is 0.279. The fourth-order valence-electron chi connectivity index (χ4n) is 3.46. The van der Waals surface area contributed by atoms with Crippen LogP contribution in [0.5, 0.6) is 5.75 Å². The number of fused-ring (bicyclic) bond motifs is 1. The molecule has 1 aliphatic rings. The van der Waals surface area contributed by atoms with Gasteiger partial charge in [-0.25, -0.2) is 10.1 Å². The highest BCUT2D eigenvalue weighted by Gasteiger charge is 2.32. The minimum absolute atomic E-state index is 0.0145. The maximum absolute atomic E-state index is 11.0. The Hall–Kier alpha value is -3.28. The third kappa shape index (κ3) is 2.91. The second-order valence-corrected chi connectivity index (χ2v) is 7.10. The minimum Gasteiger partial charge on any atom is -0.507 e. The molecule has 1 aliphatic heterocycles. The van der Waals surface area contributed by atoms with Crippen LogP contribution < -0.4 is 10.1 Å². The molecule has 28 heavy (non-hydrogen) atoms. The third-order valence-corrected chi connectivity index (χ3v) is 5.00.